The third-order valence-electron chi connectivity index (χ3n) is 3.99. The predicted octanol–water partition coefficient (Wildman–Crippen LogP) is 1.64. The summed E-state index contributed by atoms with van der Waals surface area (Å²) in [6, 6.07) is 11.1. The Morgan fingerprint density at radius 3 is 2.52 bits per heavy atom. The number of amides is 2. The second-order valence-electron chi connectivity index (χ2n) is 5.88. The predicted molar refractivity (Wildman–Crippen MR) is 94.5 cm³/mol. The molecule has 0 saturated heterocycles. The van der Waals surface area contributed by atoms with E-state index in [2.05, 4.69) is 10.5 Å². The molecule has 2 amide bonds. The van der Waals surface area contributed by atoms with Crippen LogP contribution in [0.15, 0.2) is 57.7 Å². The van der Waals surface area contributed by atoms with Crippen molar-refractivity contribution >= 4 is 17.6 Å². The summed E-state index contributed by atoms with van der Waals surface area (Å²) in [5.74, 6) is -2.03. The first-order valence-electron chi connectivity index (χ1n) is 8.16. The smallest absolute Gasteiger partial charge is 0.287 e. The highest BCUT2D eigenvalue weighted by atomic mass is 16.5. The molecule has 0 radical (unpaired) electrons. The van der Waals surface area contributed by atoms with Crippen molar-refractivity contribution in [3.8, 4) is 11.5 Å². The highest BCUT2D eigenvalue weighted by molar-refractivity contribution is 6.38. The molecule has 0 spiro atoms. The van der Waals surface area contributed by atoms with Gasteiger partial charge >= 0.3 is 0 Å². The number of nitrogens with one attached hydrogen (secondary N) is 1. The maximum absolute atomic E-state index is 12.8. The third kappa shape index (κ3) is 3.95. The normalized spacial score (nSPS) is 11.7. The van der Waals surface area contributed by atoms with Gasteiger partial charge < -0.3 is 20.0 Å². The molecule has 2 aromatic heterocycles. The maximum atomic E-state index is 12.8. The molecule has 0 aliphatic carbocycles. The summed E-state index contributed by atoms with van der Waals surface area (Å²) < 4.78 is 10.4. The topological polar surface area (TPSA) is 128 Å². The minimum Gasteiger partial charge on any atom is -0.463 e. The Hall–Kier alpha value is -3.68. The van der Waals surface area contributed by atoms with E-state index >= 15 is 0 Å². The molecule has 1 unspecified atom stereocenters. The van der Waals surface area contributed by atoms with E-state index in [0.29, 0.717) is 5.76 Å². The summed E-state index contributed by atoms with van der Waals surface area (Å²) in [7, 11) is 0. The Balaban J connectivity index is 1.88. The minimum absolute atomic E-state index is 0.120. The van der Waals surface area contributed by atoms with Crippen LogP contribution in [0.4, 0.5) is 0 Å². The van der Waals surface area contributed by atoms with Crippen LogP contribution in [0.5, 0.6) is 0 Å². The summed E-state index contributed by atoms with van der Waals surface area (Å²) in [5.41, 5.74) is 6.24. The van der Waals surface area contributed by atoms with E-state index in [1.165, 1.54) is 6.26 Å². The SMILES string of the molecule is Cc1onc(-c2ccco2)c1C(=O)NC(Cc1ccccc1)C(=O)C(N)=O. The van der Waals surface area contributed by atoms with Crippen LogP contribution in [-0.2, 0) is 16.0 Å². The van der Waals surface area contributed by atoms with Gasteiger partial charge in [-0.05, 0) is 24.6 Å². The van der Waals surface area contributed by atoms with Gasteiger partial charge in [0, 0.05) is 6.42 Å². The molecule has 138 valence electrons. The zero-order valence-electron chi connectivity index (χ0n) is 14.5. The van der Waals surface area contributed by atoms with Crippen molar-refractivity contribution in [1.82, 2.24) is 10.5 Å². The molecular formula is C19H17N3O5. The average molecular weight is 367 g/mol. The van der Waals surface area contributed by atoms with Crippen LogP contribution >= 0.6 is 0 Å². The number of ketones is 1. The first-order valence-corrected chi connectivity index (χ1v) is 8.16. The molecule has 3 aromatic rings. The number of aryl methyl sites for hydroxylation is 1. The molecule has 8 heteroatoms. The van der Waals surface area contributed by atoms with Crippen LogP contribution in [0.1, 0.15) is 21.7 Å². The number of hydrogen-bond donors (Lipinski definition) is 2. The van der Waals surface area contributed by atoms with E-state index in [4.69, 9.17) is 14.7 Å². The fourth-order valence-corrected chi connectivity index (χ4v) is 2.68. The number of rotatable bonds is 7. The van der Waals surface area contributed by atoms with Gasteiger partial charge in [-0.15, -0.1) is 0 Å². The molecule has 1 aromatic carbocycles. The minimum atomic E-state index is -1.12. The van der Waals surface area contributed by atoms with Gasteiger partial charge in [0.25, 0.3) is 11.8 Å². The molecular weight excluding hydrogens is 350 g/mol. The van der Waals surface area contributed by atoms with Crippen molar-refractivity contribution in [3.63, 3.8) is 0 Å². The molecule has 2 heterocycles. The van der Waals surface area contributed by atoms with Crippen LogP contribution in [-0.4, -0.2) is 28.8 Å². The lowest BCUT2D eigenvalue weighted by Gasteiger charge is -2.16. The number of nitrogens with zero attached hydrogens (tertiary/aromatic N) is 1. The number of carbonyl (C=O) groups excluding carboxylic acids is 3. The number of aromatic nitrogens is 1. The first-order chi connectivity index (χ1) is 13.0. The summed E-state index contributed by atoms with van der Waals surface area (Å²) in [5, 5.41) is 6.41. The van der Waals surface area contributed by atoms with Crippen LogP contribution in [0, 0.1) is 6.92 Å². The van der Waals surface area contributed by atoms with Gasteiger partial charge in [-0.2, -0.15) is 0 Å². The molecule has 3 rings (SSSR count). The largest absolute Gasteiger partial charge is 0.463 e. The molecule has 27 heavy (non-hydrogen) atoms. The summed E-state index contributed by atoms with van der Waals surface area (Å²) in [6.45, 7) is 1.57. The number of furan rings is 1. The quantitative estimate of drug-likeness (QED) is 0.611. The molecule has 0 aliphatic rings. The Morgan fingerprint density at radius 2 is 1.89 bits per heavy atom. The van der Waals surface area contributed by atoms with E-state index in [0.717, 1.165) is 5.56 Å². The van der Waals surface area contributed by atoms with Crippen LogP contribution < -0.4 is 11.1 Å². The monoisotopic (exact) mass is 367 g/mol. The van der Waals surface area contributed by atoms with E-state index in [1.54, 1.807) is 43.3 Å². The molecule has 1 atom stereocenters. The zero-order chi connectivity index (χ0) is 19.4. The van der Waals surface area contributed by atoms with Gasteiger partial charge in [0.15, 0.2) is 11.5 Å². The van der Waals surface area contributed by atoms with Crippen molar-refractivity contribution in [3.05, 3.63) is 65.6 Å². The van der Waals surface area contributed by atoms with Gasteiger partial charge in [-0.25, -0.2) is 0 Å². The van der Waals surface area contributed by atoms with Gasteiger partial charge in [-0.1, -0.05) is 35.5 Å². The molecule has 0 fully saturated rings. The third-order valence-corrected chi connectivity index (χ3v) is 3.99. The Bertz CT molecular complexity index is 961. The van der Waals surface area contributed by atoms with Crippen molar-refractivity contribution in [1.29, 1.82) is 0 Å². The van der Waals surface area contributed by atoms with Crippen molar-refractivity contribution in [2.24, 2.45) is 5.73 Å². The van der Waals surface area contributed by atoms with Crippen LogP contribution in [0.25, 0.3) is 11.5 Å². The lowest BCUT2D eigenvalue weighted by Crippen LogP contribution is -2.47. The van der Waals surface area contributed by atoms with Crippen LogP contribution in [0.2, 0.25) is 0 Å². The van der Waals surface area contributed by atoms with Gasteiger partial charge in [-0.3, -0.25) is 14.4 Å². The van der Waals surface area contributed by atoms with Crippen molar-refractivity contribution < 1.29 is 23.3 Å². The second kappa shape index (κ2) is 7.69. The summed E-state index contributed by atoms with van der Waals surface area (Å²) in [6.07, 6.45) is 1.56. The highest BCUT2D eigenvalue weighted by Crippen LogP contribution is 2.25. The van der Waals surface area contributed by atoms with Gasteiger partial charge in [0.05, 0.1) is 6.26 Å². The Morgan fingerprint density at radius 1 is 1.15 bits per heavy atom. The number of benzene rings is 1. The molecule has 8 nitrogen and oxygen atoms in total. The second-order valence-corrected chi connectivity index (χ2v) is 5.88. The number of hydrogen-bond acceptors (Lipinski definition) is 6. The average Bonchev–Trinajstić information content (AvgIpc) is 3.30. The molecule has 3 N–H and O–H groups in total. The molecule has 0 aliphatic heterocycles. The number of Topliss-reactive ketones (excluding diaryl/α,β-unsaturated/α-hetero) is 1. The zero-order valence-corrected chi connectivity index (χ0v) is 14.5. The van der Waals surface area contributed by atoms with Crippen molar-refractivity contribution in [2.45, 2.75) is 19.4 Å². The number of carbonyl (C=O) groups is 3. The summed E-state index contributed by atoms with van der Waals surface area (Å²) >= 11 is 0. The van der Waals surface area contributed by atoms with Gasteiger partial charge in [0.1, 0.15) is 17.4 Å². The highest BCUT2D eigenvalue weighted by Gasteiger charge is 2.29. The van der Waals surface area contributed by atoms with Crippen LogP contribution in [0.3, 0.4) is 0 Å². The lowest BCUT2D eigenvalue weighted by molar-refractivity contribution is -0.137. The molecule has 0 bridgehead atoms. The Labute approximate surface area is 154 Å². The first kappa shape index (κ1) is 18.1. The van der Waals surface area contributed by atoms with E-state index < -0.39 is 23.6 Å². The maximum Gasteiger partial charge on any atom is 0.287 e. The molecule has 0 saturated carbocycles. The van der Waals surface area contributed by atoms with Gasteiger partial charge in [0.2, 0.25) is 5.78 Å². The fraction of sp³-hybridized carbons (Fsp3) is 0.158. The number of nitrogens with two attached hydrogens (primary N) is 1. The fourth-order valence-electron chi connectivity index (χ4n) is 2.68. The van der Waals surface area contributed by atoms with E-state index in [9.17, 15) is 14.4 Å². The standard InChI is InChI=1S/C19H17N3O5/c1-11-15(16(22-27-11)14-8-5-9-26-14)19(25)21-13(17(23)18(20)24)10-12-6-3-2-4-7-12/h2-9,13H,10H2,1H3,(H2,20,24)(H,21,25). The Kier molecular flexibility index (Phi) is 5.16. The summed E-state index contributed by atoms with van der Waals surface area (Å²) in [4.78, 5) is 36.4. The van der Waals surface area contributed by atoms with E-state index in [1.807, 2.05) is 6.07 Å². The number of primary amides is 1. The lowest BCUT2D eigenvalue weighted by atomic mass is 10.0. The van der Waals surface area contributed by atoms with Crippen molar-refractivity contribution in [2.75, 3.05) is 0 Å². The van der Waals surface area contributed by atoms with E-state index in [-0.39, 0.29) is 23.4 Å².